The lowest BCUT2D eigenvalue weighted by Gasteiger charge is -1.98. The molecule has 0 aliphatic heterocycles. The zero-order chi connectivity index (χ0) is 8.39. The van der Waals surface area contributed by atoms with Crippen molar-refractivity contribution in [2.75, 3.05) is 0 Å². The molecule has 0 N–H and O–H groups in total. The van der Waals surface area contributed by atoms with Gasteiger partial charge in [-0.05, 0) is 19.1 Å². The van der Waals surface area contributed by atoms with E-state index < -0.39 is 0 Å². The minimum atomic E-state index is 0. The number of rotatable bonds is 1. The fraction of sp³-hybridized carbons (Fsp3) is 0.111. The molecule has 0 aliphatic carbocycles. The molecule has 0 saturated carbocycles. The maximum atomic E-state index is 3.88. The molecule has 2 rings (SSSR count). The third-order valence-electron chi connectivity index (χ3n) is 1.72. The van der Waals surface area contributed by atoms with Gasteiger partial charge in [0, 0.05) is 1.43 Å². The molecule has 1 aromatic heterocycles. The number of nitrogens with zero attached hydrogens (tertiary/aromatic N) is 3. The van der Waals surface area contributed by atoms with Gasteiger partial charge in [0.05, 0.1) is 18.1 Å². The van der Waals surface area contributed by atoms with Gasteiger partial charge in [0.1, 0.15) is 0 Å². The van der Waals surface area contributed by atoms with Crippen LogP contribution in [-0.4, -0.2) is 15.0 Å². The lowest BCUT2D eigenvalue weighted by Crippen LogP contribution is -1.94. The van der Waals surface area contributed by atoms with E-state index >= 15 is 0 Å². The molecule has 0 unspecified atom stereocenters. The second kappa shape index (κ2) is 2.77. The molecule has 12 heavy (non-hydrogen) atoms. The van der Waals surface area contributed by atoms with E-state index in [-0.39, 0.29) is 1.43 Å². The van der Waals surface area contributed by atoms with Crippen LogP contribution in [0.5, 0.6) is 0 Å². The fourth-order valence-electron chi connectivity index (χ4n) is 1.04. The first-order valence-corrected chi connectivity index (χ1v) is 3.79. The molecule has 0 spiro atoms. The molecule has 0 fully saturated rings. The molecule has 1 radical (unpaired) electrons. The molecule has 61 valence electrons. The summed E-state index contributed by atoms with van der Waals surface area (Å²) >= 11 is 0. The Labute approximate surface area is 72.1 Å². The third kappa shape index (κ3) is 1.21. The molecule has 0 saturated heterocycles. The summed E-state index contributed by atoms with van der Waals surface area (Å²) in [4.78, 5) is 0. The van der Waals surface area contributed by atoms with Gasteiger partial charge in [-0.2, -0.15) is 0 Å². The summed E-state index contributed by atoms with van der Waals surface area (Å²) in [5.41, 5.74) is 2.29. The van der Waals surface area contributed by atoms with Gasteiger partial charge in [0.25, 0.3) is 0 Å². The summed E-state index contributed by atoms with van der Waals surface area (Å²) in [6.07, 6.45) is 3.49. The van der Waals surface area contributed by atoms with Crippen molar-refractivity contribution in [3.05, 3.63) is 42.2 Å². The maximum Gasteiger partial charge on any atom is 0.0697 e. The summed E-state index contributed by atoms with van der Waals surface area (Å²) < 4.78 is 1.74. The first-order chi connectivity index (χ1) is 5.86. The van der Waals surface area contributed by atoms with Gasteiger partial charge in [-0.1, -0.05) is 22.9 Å². The average Bonchev–Trinajstić information content (AvgIpc) is 2.58. The smallest absolute Gasteiger partial charge is 0.0697 e. The van der Waals surface area contributed by atoms with Gasteiger partial charge >= 0.3 is 0 Å². The summed E-state index contributed by atoms with van der Waals surface area (Å²) in [5.74, 6) is 0. The largest absolute Gasteiger partial charge is 0.221 e. The van der Waals surface area contributed by atoms with Crippen LogP contribution in [0.25, 0.3) is 5.69 Å². The maximum absolute atomic E-state index is 3.88. The monoisotopic (exact) mass is 161 g/mol. The molecule has 0 aliphatic rings. The Kier molecular flexibility index (Phi) is 1.63. The third-order valence-corrected chi connectivity index (χ3v) is 1.72. The standard InChI is InChI=1S/C9H9N3.H/c1-8-2-4-9(5-3-8)12-7-6-10-11-12;/h2-7H,1H3;/i;1+1. The lowest BCUT2D eigenvalue weighted by molar-refractivity contribution is 0.803. The molecule has 1 aromatic carbocycles. The molecule has 3 heteroatoms. The number of aryl methyl sites for hydroxylation is 1. The molecule has 0 atom stereocenters. The van der Waals surface area contributed by atoms with Crippen molar-refractivity contribution >= 4 is 0 Å². The van der Waals surface area contributed by atoms with E-state index in [4.69, 9.17) is 0 Å². The number of benzene rings is 1. The summed E-state index contributed by atoms with van der Waals surface area (Å²) in [5, 5.41) is 7.62. The molecule has 1 heterocycles. The molecule has 0 amide bonds. The number of aromatic nitrogens is 3. The van der Waals surface area contributed by atoms with E-state index in [1.165, 1.54) is 5.56 Å². The zero-order valence-electron chi connectivity index (χ0n) is 7.81. The van der Waals surface area contributed by atoms with Crippen molar-refractivity contribution < 1.29 is 1.43 Å². The van der Waals surface area contributed by atoms with Gasteiger partial charge in [-0.15, -0.1) is 5.10 Å². The highest BCUT2D eigenvalue weighted by Crippen LogP contribution is 2.06. The van der Waals surface area contributed by atoms with Crippen LogP contribution in [0, 0.1) is 6.92 Å². The second-order valence-corrected chi connectivity index (χ2v) is 2.68. The highest BCUT2D eigenvalue weighted by Gasteiger charge is 1.93. The molecular formula is C9H10N3. The van der Waals surface area contributed by atoms with Crippen LogP contribution in [0.2, 0.25) is 0 Å². The lowest BCUT2D eigenvalue weighted by atomic mass is 10.2. The Balaban J connectivity index is 0.000000845. The Morgan fingerprint density at radius 2 is 2.00 bits per heavy atom. The zero-order valence-corrected chi connectivity index (χ0v) is 6.81. The van der Waals surface area contributed by atoms with Gasteiger partial charge in [-0.25, -0.2) is 4.68 Å². The van der Waals surface area contributed by atoms with E-state index in [0.717, 1.165) is 5.69 Å². The van der Waals surface area contributed by atoms with Crippen LogP contribution < -0.4 is 0 Å². The second-order valence-electron chi connectivity index (χ2n) is 2.68. The van der Waals surface area contributed by atoms with Crippen LogP contribution in [0.3, 0.4) is 0 Å². The van der Waals surface area contributed by atoms with E-state index in [0.29, 0.717) is 0 Å². The van der Waals surface area contributed by atoms with E-state index in [2.05, 4.69) is 29.4 Å². The number of hydrogen-bond donors (Lipinski definition) is 0. The quantitative estimate of drug-likeness (QED) is 0.637. The van der Waals surface area contributed by atoms with E-state index in [1.807, 2.05) is 18.3 Å². The van der Waals surface area contributed by atoms with Crippen LogP contribution in [0.4, 0.5) is 0 Å². The predicted molar refractivity (Wildman–Crippen MR) is 47.2 cm³/mol. The van der Waals surface area contributed by atoms with Crippen molar-refractivity contribution in [1.29, 1.82) is 0 Å². The minimum Gasteiger partial charge on any atom is -0.221 e. The summed E-state index contributed by atoms with van der Waals surface area (Å²) in [6, 6.07) is 8.14. The topological polar surface area (TPSA) is 30.7 Å². The Bertz CT molecular complexity index is 353. The average molecular weight is 161 g/mol. The molecular weight excluding hydrogens is 150 g/mol. The van der Waals surface area contributed by atoms with E-state index in [1.54, 1.807) is 10.9 Å². The van der Waals surface area contributed by atoms with Crippen LogP contribution in [0.15, 0.2) is 36.7 Å². The summed E-state index contributed by atoms with van der Waals surface area (Å²) in [6.45, 7) is 2.06. The Morgan fingerprint density at radius 1 is 1.25 bits per heavy atom. The predicted octanol–water partition coefficient (Wildman–Crippen LogP) is 1.69. The van der Waals surface area contributed by atoms with Crippen molar-refractivity contribution in [1.82, 2.24) is 15.0 Å². The molecule has 2 aromatic rings. The van der Waals surface area contributed by atoms with Crippen molar-refractivity contribution in [3.8, 4) is 5.69 Å². The van der Waals surface area contributed by atoms with Crippen LogP contribution in [0.1, 0.15) is 6.99 Å². The van der Waals surface area contributed by atoms with Gasteiger partial charge in [-0.3, -0.25) is 0 Å². The van der Waals surface area contributed by atoms with Crippen LogP contribution in [-0.2, 0) is 0 Å². The summed E-state index contributed by atoms with van der Waals surface area (Å²) in [7, 11) is 0. The van der Waals surface area contributed by atoms with Crippen molar-refractivity contribution in [3.63, 3.8) is 0 Å². The first kappa shape index (κ1) is 7.03. The molecule has 0 bridgehead atoms. The Morgan fingerprint density at radius 3 is 2.58 bits per heavy atom. The first-order valence-electron chi connectivity index (χ1n) is 3.79. The highest BCUT2D eigenvalue weighted by atomic mass is 15.4. The molecule has 3 nitrogen and oxygen atoms in total. The fourth-order valence-corrected chi connectivity index (χ4v) is 1.04. The van der Waals surface area contributed by atoms with Gasteiger partial charge < -0.3 is 0 Å². The number of hydrogen-bond acceptors (Lipinski definition) is 2. The van der Waals surface area contributed by atoms with Gasteiger partial charge in [0.15, 0.2) is 0 Å². The highest BCUT2D eigenvalue weighted by molar-refractivity contribution is 5.32. The van der Waals surface area contributed by atoms with Crippen molar-refractivity contribution in [2.45, 2.75) is 6.92 Å². The Hall–Kier alpha value is -1.64. The van der Waals surface area contributed by atoms with Crippen molar-refractivity contribution in [2.24, 2.45) is 0 Å². The van der Waals surface area contributed by atoms with Crippen LogP contribution >= 0.6 is 0 Å². The normalized spacial score (nSPS) is 10.1. The minimum absolute atomic E-state index is 0. The van der Waals surface area contributed by atoms with E-state index in [9.17, 15) is 0 Å². The van der Waals surface area contributed by atoms with Gasteiger partial charge in [0.2, 0.25) is 0 Å². The SMILES string of the molecule is Cc1ccc(-n2ccnn2)cc1.[2H].